The van der Waals surface area contributed by atoms with E-state index in [1.54, 1.807) is 12.1 Å². The molecule has 0 saturated heterocycles. The van der Waals surface area contributed by atoms with Gasteiger partial charge in [0, 0.05) is 17.2 Å². The minimum atomic E-state index is -0.382. The molecule has 1 aromatic carbocycles. The van der Waals surface area contributed by atoms with Gasteiger partial charge in [-0.1, -0.05) is 18.2 Å². The summed E-state index contributed by atoms with van der Waals surface area (Å²) in [6, 6.07) is 4.64. The van der Waals surface area contributed by atoms with E-state index in [4.69, 9.17) is 16.3 Å². The highest BCUT2D eigenvalue weighted by Crippen LogP contribution is 2.44. The Morgan fingerprint density at radius 2 is 1.94 bits per heavy atom. The van der Waals surface area contributed by atoms with E-state index in [9.17, 15) is 4.39 Å². The molecule has 0 fully saturated rings. The van der Waals surface area contributed by atoms with E-state index >= 15 is 0 Å². The van der Waals surface area contributed by atoms with Crippen LogP contribution in [-0.4, -0.2) is 4.98 Å². The predicted octanol–water partition coefficient (Wildman–Crippen LogP) is 4.80. The number of hydrogen-bond acceptors (Lipinski definition) is 2. The van der Waals surface area contributed by atoms with E-state index in [1.165, 1.54) is 12.3 Å². The highest BCUT2D eigenvalue weighted by atomic mass is 79.9. The van der Waals surface area contributed by atoms with Gasteiger partial charge in [-0.3, -0.25) is 0 Å². The second-order valence-corrected chi connectivity index (χ2v) is 5.09. The van der Waals surface area contributed by atoms with Gasteiger partial charge in [0.15, 0.2) is 5.75 Å². The molecule has 90 valence electrons. The number of rotatable bonds is 0. The van der Waals surface area contributed by atoms with Crippen molar-refractivity contribution in [1.29, 1.82) is 0 Å². The van der Waals surface area contributed by atoms with Crippen LogP contribution in [-0.2, 0) is 0 Å². The third-order valence-electron chi connectivity index (χ3n) is 2.73. The number of hydrogen-bond donors (Lipinski definition) is 0. The summed E-state index contributed by atoms with van der Waals surface area (Å²) in [7, 11) is 0. The molecule has 0 atom stereocenters. The van der Waals surface area contributed by atoms with Crippen LogP contribution in [0.2, 0.25) is 5.15 Å². The molecule has 18 heavy (non-hydrogen) atoms. The van der Waals surface area contributed by atoms with Crippen molar-refractivity contribution >= 4 is 33.1 Å². The smallest absolute Gasteiger partial charge is 0.153 e. The lowest BCUT2D eigenvalue weighted by atomic mass is 9.96. The van der Waals surface area contributed by atoms with E-state index in [-0.39, 0.29) is 5.82 Å². The lowest BCUT2D eigenvalue weighted by Crippen LogP contribution is -2.03. The van der Waals surface area contributed by atoms with Gasteiger partial charge in [0.25, 0.3) is 0 Å². The topological polar surface area (TPSA) is 22.1 Å². The molecule has 0 spiro atoms. The first-order valence-corrected chi connectivity index (χ1v) is 6.25. The maximum Gasteiger partial charge on any atom is 0.153 e. The molecule has 0 saturated carbocycles. The average Bonchev–Trinajstić information content (AvgIpc) is 2.33. The normalized spacial score (nSPS) is 12.7. The van der Waals surface area contributed by atoms with Gasteiger partial charge in [0.05, 0.1) is 10.7 Å². The summed E-state index contributed by atoms with van der Waals surface area (Å²) in [5.74, 6) is 0.572. The Morgan fingerprint density at radius 3 is 2.72 bits per heavy atom. The first-order valence-electron chi connectivity index (χ1n) is 5.08. The summed E-state index contributed by atoms with van der Waals surface area (Å²) in [5, 5.41) is 0.364. The maximum absolute atomic E-state index is 13.5. The fourth-order valence-corrected chi connectivity index (χ4v) is 2.35. The molecular formula is C13H6BrClFNO. The molecule has 3 rings (SSSR count). The maximum atomic E-state index is 13.5. The summed E-state index contributed by atoms with van der Waals surface area (Å²) in [6.45, 7) is 4.00. The van der Waals surface area contributed by atoms with Crippen molar-refractivity contribution in [3.63, 3.8) is 0 Å². The molecule has 2 heterocycles. The third-order valence-corrected chi connectivity index (χ3v) is 3.54. The van der Waals surface area contributed by atoms with Gasteiger partial charge in [0.1, 0.15) is 16.7 Å². The molecule has 2 aromatic rings. The van der Waals surface area contributed by atoms with Crippen LogP contribution in [0.15, 0.2) is 35.4 Å². The number of nitrogens with zero attached hydrogens (tertiary/aromatic N) is 1. The zero-order chi connectivity index (χ0) is 12.9. The van der Waals surface area contributed by atoms with Gasteiger partial charge < -0.3 is 4.74 Å². The summed E-state index contributed by atoms with van der Waals surface area (Å²) in [6.07, 6.45) is 1.51. The van der Waals surface area contributed by atoms with Gasteiger partial charge in [-0.05, 0) is 33.6 Å². The van der Waals surface area contributed by atoms with Gasteiger partial charge in [-0.2, -0.15) is 0 Å². The van der Waals surface area contributed by atoms with Crippen LogP contribution < -0.4 is 4.74 Å². The molecular weight excluding hydrogens is 321 g/mol. The largest absolute Gasteiger partial charge is 0.454 e. The van der Waals surface area contributed by atoms with E-state index < -0.39 is 0 Å². The van der Waals surface area contributed by atoms with E-state index in [0.29, 0.717) is 21.1 Å². The highest BCUT2D eigenvalue weighted by Gasteiger charge is 2.22. The Balaban J connectivity index is 2.22. The van der Waals surface area contributed by atoms with E-state index in [0.717, 1.165) is 16.7 Å². The number of ether oxygens (including phenoxy) is 1. The Bertz CT molecular complexity index is 687. The average molecular weight is 327 g/mol. The number of aromatic nitrogens is 1. The fraction of sp³-hybridized carbons (Fsp3) is 0. The SMILES string of the molecule is C=C1c2cc(Cl)ncc2Oc2cc(F)c(Br)cc21. The minimum absolute atomic E-state index is 0.364. The van der Waals surface area contributed by atoms with Crippen molar-refractivity contribution in [2.75, 3.05) is 0 Å². The third kappa shape index (κ3) is 1.72. The van der Waals surface area contributed by atoms with Crippen LogP contribution >= 0.6 is 27.5 Å². The van der Waals surface area contributed by atoms with Crippen LogP contribution in [0, 0.1) is 5.82 Å². The van der Waals surface area contributed by atoms with Crippen LogP contribution in [0.5, 0.6) is 11.5 Å². The molecule has 0 bridgehead atoms. The molecule has 1 aliphatic rings. The lowest BCUT2D eigenvalue weighted by molar-refractivity contribution is 0.465. The predicted molar refractivity (Wildman–Crippen MR) is 71.6 cm³/mol. The highest BCUT2D eigenvalue weighted by molar-refractivity contribution is 9.10. The van der Waals surface area contributed by atoms with Gasteiger partial charge >= 0.3 is 0 Å². The van der Waals surface area contributed by atoms with Crippen molar-refractivity contribution in [2.24, 2.45) is 0 Å². The molecule has 1 aromatic heterocycles. The van der Waals surface area contributed by atoms with E-state index in [2.05, 4.69) is 27.5 Å². The molecule has 0 amide bonds. The van der Waals surface area contributed by atoms with Crippen LogP contribution in [0.25, 0.3) is 5.57 Å². The zero-order valence-electron chi connectivity index (χ0n) is 9.01. The van der Waals surface area contributed by atoms with Crippen molar-refractivity contribution in [1.82, 2.24) is 4.98 Å². The summed E-state index contributed by atoms with van der Waals surface area (Å²) < 4.78 is 19.4. The number of halogens is 3. The fourth-order valence-electron chi connectivity index (χ4n) is 1.85. The van der Waals surface area contributed by atoms with E-state index in [1.807, 2.05) is 0 Å². The first-order chi connectivity index (χ1) is 8.56. The number of pyridine rings is 1. The minimum Gasteiger partial charge on any atom is -0.454 e. The van der Waals surface area contributed by atoms with Gasteiger partial charge in [0.2, 0.25) is 0 Å². The summed E-state index contributed by atoms with van der Waals surface area (Å²) in [5.41, 5.74) is 2.23. The molecule has 0 unspecified atom stereocenters. The molecule has 0 aliphatic carbocycles. The standard InChI is InChI=1S/C13H6BrClFNO/c1-6-7-2-9(14)10(16)4-11(7)18-12-5-17-13(15)3-8(6)12/h2-5H,1H2. The molecule has 5 heteroatoms. The first kappa shape index (κ1) is 11.7. The number of benzene rings is 1. The Labute approximate surface area is 116 Å². The number of fused-ring (bicyclic) bond motifs is 2. The lowest BCUT2D eigenvalue weighted by Gasteiger charge is -2.22. The Hall–Kier alpha value is -1.39. The molecule has 0 N–H and O–H groups in total. The van der Waals surface area contributed by atoms with Crippen molar-refractivity contribution < 1.29 is 9.13 Å². The molecule has 0 radical (unpaired) electrons. The van der Waals surface area contributed by atoms with Gasteiger partial charge in [-0.25, -0.2) is 9.37 Å². The molecule has 1 aliphatic heterocycles. The van der Waals surface area contributed by atoms with Crippen LogP contribution in [0.1, 0.15) is 11.1 Å². The van der Waals surface area contributed by atoms with Crippen LogP contribution in [0.3, 0.4) is 0 Å². The summed E-state index contributed by atoms with van der Waals surface area (Å²) >= 11 is 8.99. The van der Waals surface area contributed by atoms with Crippen molar-refractivity contribution in [3.05, 3.63) is 57.5 Å². The quantitative estimate of drug-likeness (QED) is 0.553. The van der Waals surface area contributed by atoms with Crippen LogP contribution in [0.4, 0.5) is 4.39 Å². The van der Waals surface area contributed by atoms with Gasteiger partial charge in [-0.15, -0.1) is 0 Å². The monoisotopic (exact) mass is 325 g/mol. The van der Waals surface area contributed by atoms with Crippen molar-refractivity contribution in [2.45, 2.75) is 0 Å². The molecule has 2 nitrogen and oxygen atoms in total. The Morgan fingerprint density at radius 1 is 1.22 bits per heavy atom. The summed E-state index contributed by atoms with van der Waals surface area (Å²) in [4.78, 5) is 3.94. The zero-order valence-corrected chi connectivity index (χ0v) is 11.3. The second kappa shape index (κ2) is 4.07. The van der Waals surface area contributed by atoms with Crippen molar-refractivity contribution in [3.8, 4) is 11.5 Å². The second-order valence-electron chi connectivity index (χ2n) is 3.85. The Kier molecular flexibility index (Phi) is 2.64.